The van der Waals surface area contributed by atoms with Gasteiger partial charge >= 0.3 is 21.1 Å². The molecule has 0 aliphatic carbocycles. The Kier molecular flexibility index (Phi) is 5.53. The molecular weight excluding hydrogens is 343 g/mol. The van der Waals surface area contributed by atoms with Crippen LogP contribution in [0.15, 0.2) is 0 Å². The number of hydrogen-bond acceptors (Lipinski definition) is 2. The van der Waals surface area contributed by atoms with Crippen molar-refractivity contribution in [2.24, 2.45) is 0 Å². The molecule has 78 valence electrons. The Morgan fingerprint density at radius 2 is 1.15 bits per heavy atom. The van der Waals surface area contributed by atoms with Crippen LogP contribution in [0.2, 0.25) is 0 Å². The summed E-state index contributed by atoms with van der Waals surface area (Å²) in [5, 5.41) is 7.25. The van der Waals surface area contributed by atoms with E-state index in [0.29, 0.717) is 0 Å². The smallest absolute Gasteiger partial charge is 0.312 e. The Hall–Kier alpha value is 0.608. The molecule has 2 aliphatic heterocycles. The van der Waals surface area contributed by atoms with Gasteiger partial charge in [0.25, 0.3) is 0 Å². The summed E-state index contributed by atoms with van der Waals surface area (Å²) in [6.07, 6.45) is 8.38. The first-order valence-corrected chi connectivity index (χ1v) is 5.43. The van der Waals surface area contributed by atoms with Crippen LogP contribution in [0.4, 0.5) is 0 Å². The monoisotopic (exact) mass is 363 g/mol. The summed E-state index contributed by atoms with van der Waals surface area (Å²) in [5.41, 5.74) is 0. The summed E-state index contributed by atoms with van der Waals surface area (Å²) >= 11 is 0. The first kappa shape index (κ1) is 11.7. The summed E-state index contributed by atoms with van der Waals surface area (Å²) < 4.78 is 0. The summed E-state index contributed by atoms with van der Waals surface area (Å²) in [6, 6.07) is 1.55. The maximum absolute atomic E-state index is 3.63. The molecule has 0 bridgehead atoms. The number of hydrogen-bond donors (Lipinski definition) is 2. The molecule has 3 heteroatoms. The van der Waals surface area contributed by atoms with Crippen molar-refractivity contribution in [1.82, 2.24) is 10.6 Å². The van der Waals surface area contributed by atoms with Crippen LogP contribution < -0.4 is 10.6 Å². The molecule has 0 amide bonds. The van der Waals surface area contributed by atoms with Crippen molar-refractivity contribution < 1.29 is 21.1 Å². The van der Waals surface area contributed by atoms with E-state index in [-0.39, 0.29) is 21.1 Å². The minimum Gasteiger partial charge on any atom is -0.312 e. The van der Waals surface area contributed by atoms with Gasteiger partial charge in [0.1, 0.15) is 0 Å². The number of nitrogens with one attached hydrogen (secondary N) is 2. The molecule has 0 aromatic rings. The van der Waals surface area contributed by atoms with Crippen molar-refractivity contribution in [3.05, 3.63) is 0 Å². The molecule has 2 fully saturated rings. The van der Waals surface area contributed by atoms with E-state index < -0.39 is 0 Å². The molecular formula is C10H20N2Pt+2. The summed E-state index contributed by atoms with van der Waals surface area (Å²) in [5.74, 6) is 0. The molecule has 2 atom stereocenters. The second-order valence-electron chi connectivity index (χ2n) is 4.11. The van der Waals surface area contributed by atoms with Crippen molar-refractivity contribution in [3.63, 3.8) is 0 Å². The van der Waals surface area contributed by atoms with Gasteiger partial charge in [0, 0.05) is 12.1 Å². The molecule has 0 radical (unpaired) electrons. The zero-order valence-electron chi connectivity index (χ0n) is 8.13. The van der Waals surface area contributed by atoms with Crippen molar-refractivity contribution in [3.8, 4) is 0 Å². The van der Waals surface area contributed by atoms with Gasteiger partial charge in [-0.05, 0) is 38.8 Å². The summed E-state index contributed by atoms with van der Waals surface area (Å²) in [6.45, 7) is 2.48. The van der Waals surface area contributed by atoms with Crippen molar-refractivity contribution in [2.45, 2.75) is 50.6 Å². The van der Waals surface area contributed by atoms with Gasteiger partial charge in [0.05, 0.1) is 0 Å². The van der Waals surface area contributed by atoms with Crippen LogP contribution in [0.25, 0.3) is 0 Å². The molecule has 2 saturated heterocycles. The first-order chi connectivity index (χ1) is 5.97. The van der Waals surface area contributed by atoms with Crippen LogP contribution in [0.3, 0.4) is 0 Å². The van der Waals surface area contributed by atoms with Gasteiger partial charge in [-0.3, -0.25) is 0 Å². The first-order valence-electron chi connectivity index (χ1n) is 5.43. The van der Waals surface area contributed by atoms with E-state index in [4.69, 9.17) is 0 Å². The van der Waals surface area contributed by atoms with E-state index in [1.54, 1.807) is 0 Å². The Balaban J connectivity index is 0.000000845. The molecule has 2 N–H and O–H groups in total. The topological polar surface area (TPSA) is 24.1 Å². The number of piperidine rings is 2. The van der Waals surface area contributed by atoms with Gasteiger partial charge in [0.2, 0.25) is 0 Å². The quantitative estimate of drug-likeness (QED) is 0.733. The molecule has 0 aromatic carbocycles. The van der Waals surface area contributed by atoms with E-state index in [1.165, 1.54) is 51.6 Å². The second-order valence-corrected chi connectivity index (χ2v) is 4.11. The maximum atomic E-state index is 3.63. The van der Waals surface area contributed by atoms with Gasteiger partial charge in [-0.15, -0.1) is 0 Å². The van der Waals surface area contributed by atoms with Crippen LogP contribution in [-0.4, -0.2) is 25.2 Å². The van der Waals surface area contributed by atoms with Crippen molar-refractivity contribution in [1.29, 1.82) is 0 Å². The van der Waals surface area contributed by atoms with Crippen LogP contribution in [0.5, 0.6) is 0 Å². The van der Waals surface area contributed by atoms with E-state index in [0.717, 1.165) is 12.1 Å². The summed E-state index contributed by atoms with van der Waals surface area (Å²) in [4.78, 5) is 0. The van der Waals surface area contributed by atoms with Crippen molar-refractivity contribution in [2.75, 3.05) is 13.1 Å². The predicted molar refractivity (Wildman–Crippen MR) is 51.3 cm³/mol. The number of rotatable bonds is 1. The minimum absolute atomic E-state index is 0. The van der Waals surface area contributed by atoms with Gasteiger partial charge < -0.3 is 10.6 Å². The minimum atomic E-state index is 0. The molecule has 2 rings (SSSR count). The maximum Gasteiger partial charge on any atom is 2.00 e. The van der Waals surface area contributed by atoms with Crippen LogP contribution >= 0.6 is 0 Å². The predicted octanol–water partition coefficient (Wildman–Crippen LogP) is 1.27. The fraction of sp³-hybridized carbons (Fsp3) is 1.00. The molecule has 0 saturated carbocycles. The molecule has 0 aromatic heterocycles. The van der Waals surface area contributed by atoms with E-state index in [9.17, 15) is 0 Å². The Morgan fingerprint density at radius 3 is 1.46 bits per heavy atom. The van der Waals surface area contributed by atoms with Gasteiger partial charge in [-0.2, -0.15) is 0 Å². The van der Waals surface area contributed by atoms with Gasteiger partial charge in [0.15, 0.2) is 0 Å². The van der Waals surface area contributed by atoms with E-state index >= 15 is 0 Å². The van der Waals surface area contributed by atoms with Crippen LogP contribution in [-0.2, 0) is 21.1 Å². The Bertz CT molecular complexity index is 113. The zero-order valence-corrected chi connectivity index (χ0v) is 10.4. The largest absolute Gasteiger partial charge is 2.00 e. The average Bonchev–Trinajstić information content (AvgIpc) is 2.21. The second kappa shape index (κ2) is 6.16. The van der Waals surface area contributed by atoms with E-state index in [2.05, 4.69) is 10.6 Å². The third-order valence-corrected chi connectivity index (χ3v) is 3.18. The Labute approximate surface area is 95.5 Å². The van der Waals surface area contributed by atoms with Crippen LogP contribution in [0, 0.1) is 0 Å². The van der Waals surface area contributed by atoms with E-state index in [1.807, 2.05) is 0 Å². The summed E-state index contributed by atoms with van der Waals surface area (Å²) in [7, 11) is 0. The fourth-order valence-corrected chi connectivity index (χ4v) is 2.44. The Morgan fingerprint density at radius 1 is 0.692 bits per heavy atom. The molecule has 0 spiro atoms. The standard InChI is InChI=1S/C10H20N2.Pt/c1-3-7-11-9(5-1)10-6-2-4-8-12-10;/h9-12H,1-8H2;/q;+2. The molecule has 2 nitrogen and oxygen atoms in total. The average molecular weight is 363 g/mol. The fourth-order valence-electron chi connectivity index (χ4n) is 2.44. The molecule has 2 aliphatic rings. The third kappa shape index (κ3) is 3.34. The molecule has 2 heterocycles. The normalized spacial score (nSPS) is 35.1. The van der Waals surface area contributed by atoms with Crippen molar-refractivity contribution >= 4 is 0 Å². The molecule has 13 heavy (non-hydrogen) atoms. The zero-order chi connectivity index (χ0) is 8.23. The van der Waals surface area contributed by atoms with Crippen LogP contribution in [0.1, 0.15) is 38.5 Å². The molecule has 2 unspecified atom stereocenters. The van der Waals surface area contributed by atoms with Gasteiger partial charge in [-0.25, -0.2) is 0 Å². The van der Waals surface area contributed by atoms with Gasteiger partial charge in [-0.1, -0.05) is 12.8 Å². The SMILES string of the molecule is C1CCC(C2CCCCN2)NC1.[Pt+2]. The third-order valence-electron chi connectivity index (χ3n) is 3.18.